The second-order valence-electron chi connectivity index (χ2n) is 6.63. The molecule has 1 aromatic heterocycles. The Morgan fingerprint density at radius 1 is 1.21 bits per heavy atom. The third-order valence-corrected chi connectivity index (χ3v) is 5.94. The molecule has 128 valence electrons. The van der Waals surface area contributed by atoms with Crippen molar-refractivity contribution in [3.63, 3.8) is 0 Å². The number of hydrogen-bond donors (Lipinski definition) is 1. The van der Waals surface area contributed by atoms with Crippen LogP contribution in [0.4, 0.5) is 5.13 Å². The van der Waals surface area contributed by atoms with Crippen molar-refractivity contribution in [2.75, 3.05) is 32.1 Å². The van der Waals surface area contributed by atoms with Crippen LogP contribution in [0.25, 0.3) is 0 Å². The van der Waals surface area contributed by atoms with E-state index in [1.807, 2.05) is 0 Å². The summed E-state index contributed by atoms with van der Waals surface area (Å²) < 4.78 is 5.29. The van der Waals surface area contributed by atoms with Crippen molar-refractivity contribution in [3.8, 4) is 5.75 Å². The minimum absolute atomic E-state index is 0.367. The maximum Gasteiger partial charge on any atom is 0.205 e. The highest BCUT2D eigenvalue weighted by Gasteiger charge is 2.28. The van der Waals surface area contributed by atoms with Crippen molar-refractivity contribution in [3.05, 3.63) is 34.8 Å². The van der Waals surface area contributed by atoms with E-state index in [4.69, 9.17) is 4.74 Å². The molecule has 2 heterocycles. The number of methoxy groups -OCH3 is 1. The molecule has 1 N–H and O–H groups in total. The Hall–Kier alpha value is -1.66. The van der Waals surface area contributed by atoms with E-state index in [0.29, 0.717) is 12.0 Å². The molecule has 0 spiro atoms. The summed E-state index contributed by atoms with van der Waals surface area (Å²) in [6.45, 7) is 3.20. The Bertz CT molecular complexity index is 662. The monoisotopic (exact) mass is 344 g/mol. The molecule has 1 unspecified atom stereocenters. The van der Waals surface area contributed by atoms with Crippen LogP contribution in [-0.4, -0.2) is 41.8 Å². The van der Waals surface area contributed by atoms with Gasteiger partial charge < -0.3 is 10.1 Å². The van der Waals surface area contributed by atoms with Crippen LogP contribution in [-0.2, 0) is 0 Å². The van der Waals surface area contributed by atoms with Gasteiger partial charge in [-0.05, 0) is 56.5 Å². The molecule has 2 aliphatic rings. The van der Waals surface area contributed by atoms with Gasteiger partial charge in [-0.1, -0.05) is 23.5 Å². The number of likely N-dealkylation sites (tertiary alicyclic amines) is 1. The van der Waals surface area contributed by atoms with Gasteiger partial charge in [0.15, 0.2) is 0 Å². The van der Waals surface area contributed by atoms with Gasteiger partial charge in [0.2, 0.25) is 5.13 Å². The summed E-state index contributed by atoms with van der Waals surface area (Å²) in [6.07, 6.45) is 5.13. The summed E-state index contributed by atoms with van der Waals surface area (Å²) in [7, 11) is 1.71. The second-order valence-corrected chi connectivity index (χ2v) is 7.64. The number of nitrogens with one attached hydrogen (secondary N) is 1. The normalized spacial score (nSPS) is 19.4. The second kappa shape index (κ2) is 7.07. The number of benzene rings is 1. The minimum Gasteiger partial charge on any atom is -0.497 e. The van der Waals surface area contributed by atoms with Crippen molar-refractivity contribution in [1.82, 2.24) is 15.1 Å². The molecular formula is C18H24N4OS. The maximum absolute atomic E-state index is 5.29. The Balaban J connectivity index is 1.46. The van der Waals surface area contributed by atoms with Crippen LogP contribution in [0.2, 0.25) is 0 Å². The van der Waals surface area contributed by atoms with E-state index in [-0.39, 0.29) is 0 Å². The lowest BCUT2D eigenvalue weighted by Crippen LogP contribution is -2.31. The van der Waals surface area contributed by atoms with E-state index >= 15 is 0 Å². The van der Waals surface area contributed by atoms with Crippen LogP contribution in [0, 0.1) is 0 Å². The zero-order chi connectivity index (χ0) is 16.4. The van der Waals surface area contributed by atoms with Gasteiger partial charge in [0.1, 0.15) is 10.8 Å². The fourth-order valence-electron chi connectivity index (χ4n) is 3.32. The minimum atomic E-state index is 0.367. The number of aromatic nitrogens is 2. The Kier molecular flexibility index (Phi) is 4.67. The number of nitrogens with zero attached hydrogens (tertiary/aromatic N) is 3. The summed E-state index contributed by atoms with van der Waals surface area (Å²) in [5, 5.41) is 14.3. The van der Waals surface area contributed by atoms with E-state index < -0.39 is 0 Å². The predicted molar refractivity (Wildman–Crippen MR) is 96.9 cm³/mol. The molecule has 6 heteroatoms. The first-order chi connectivity index (χ1) is 11.8. The summed E-state index contributed by atoms with van der Waals surface area (Å²) in [4.78, 5) is 2.57. The Morgan fingerprint density at radius 2 is 1.96 bits per heavy atom. The summed E-state index contributed by atoms with van der Waals surface area (Å²) in [5.74, 6) is 1.58. The van der Waals surface area contributed by atoms with Crippen molar-refractivity contribution < 1.29 is 4.74 Å². The van der Waals surface area contributed by atoms with E-state index in [1.54, 1.807) is 18.4 Å². The van der Waals surface area contributed by atoms with E-state index in [2.05, 4.69) is 44.7 Å². The molecule has 0 radical (unpaired) electrons. The highest BCUT2D eigenvalue weighted by Crippen LogP contribution is 2.42. The van der Waals surface area contributed by atoms with Crippen LogP contribution in [0.1, 0.15) is 48.2 Å². The molecule has 1 aliphatic carbocycles. The van der Waals surface area contributed by atoms with Crippen molar-refractivity contribution in [2.45, 2.75) is 37.6 Å². The number of hydrogen-bond acceptors (Lipinski definition) is 6. The molecule has 1 atom stereocenters. The standard InChI is InChI=1S/C18H24N4OS/c1-23-15-8-6-13(7-9-15)16(22-10-2-3-11-22)12-19-18-21-20-17(24-18)14-4-5-14/h6-9,14,16H,2-5,10-12H2,1H3,(H,19,21). The van der Waals surface area contributed by atoms with Crippen molar-refractivity contribution >= 4 is 16.5 Å². The molecule has 1 saturated heterocycles. The first-order valence-corrected chi connectivity index (χ1v) is 9.60. The lowest BCUT2D eigenvalue weighted by molar-refractivity contribution is 0.256. The summed E-state index contributed by atoms with van der Waals surface area (Å²) in [5.41, 5.74) is 1.33. The van der Waals surface area contributed by atoms with Gasteiger partial charge in [-0.25, -0.2) is 0 Å². The van der Waals surface area contributed by atoms with Gasteiger partial charge in [0.25, 0.3) is 0 Å². The maximum atomic E-state index is 5.29. The van der Waals surface area contributed by atoms with Gasteiger partial charge in [-0.15, -0.1) is 10.2 Å². The topological polar surface area (TPSA) is 50.3 Å². The Morgan fingerprint density at radius 3 is 2.62 bits per heavy atom. The average Bonchev–Trinajstić information content (AvgIpc) is 3.13. The van der Waals surface area contributed by atoms with Gasteiger partial charge in [0, 0.05) is 12.5 Å². The van der Waals surface area contributed by atoms with Crippen molar-refractivity contribution in [1.29, 1.82) is 0 Å². The molecule has 0 amide bonds. The highest BCUT2D eigenvalue weighted by molar-refractivity contribution is 7.15. The molecule has 1 aliphatic heterocycles. The number of ether oxygens (including phenoxy) is 1. The average molecular weight is 344 g/mol. The third kappa shape index (κ3) is 3.54. The van der Waals surface area contributed by atoms with Gasteiger partial charge in [-0.2, -0.15) is 0 Å². The molecule has 1 aromatic carbocycles. The fourth-order valence-corrected chi connectivity index (χ4v) is 4.24. The molecular weight excluding hydrogens is 320 g/mol. The van der Waals surface area contributed by atoms with Gasteiger partial charge in [-0.3, -0.25) is 4.90 Å². The molecule has 24 heavy (non-hydrogen) atoms. The molecule has 5 nitrogen and oxygen atoms in total. The van der Waals surface area contributed by atoms with Crippen LogP contribution in [0.5, 0.6) is 5.75 Å². The lowest BCUT2D eigenvalue weighted by atomic mass is 10.1. The molecule has 2 fully saturated rings. The van der Waals surface area contributed by atoms with Gasteiger partial charge in [0.05, 0.1) is 13.2 Å². The van der Waals surface area contributed by atoms with E-state index in [0.717, 1.165) is 17.4 Å². The fraction of sp³-hybridized carbons (Fsp3) is 0.556. The Labute approximate surface area is 147 Å². The van der Waals surface area contributed by atoms with Crippen molar-refractivity contribution in [2.24, 2.45) is 0 Å². The van der Waals surface area contributed by atoms with E-state index in [9.17, 15) is 0 Å². The molecule has 4 rings (SSSR count). The van der Waals surface area contributed by atoms with Crippen LogP contribution in [0.3, 0.4) is 0 Å². The number of rotatable bonds is 7. The zero-order valence-electron chi connectivity index (χ0n) is 14.1. The largest absolute Gasteiger partial charge is 0.497 e. The highest BCUT2D eigenvalue weighted by atomic mass is 32.1. The first-order valence-electron chi connectivity index (χ1n) is 8.79. The van der Waals surface area contributed by atoms with Crippen LogP contribution >= 0.6 is 11.3 Å². The first kappa shape index (κ1) is 15.8. The predicted octanol–water partition coefficient (Wildman–Crippen LogP) is 3.67. The molecule has 2 aromatic rings. The summed E-state index contributed by atoms with van der Waals surface area (Å²) >= 11 is 1.72. The van der Waals surface area contributed by atoms with E-state index in [1.165, 1.54) is 49.3 Å². The quantitative estimate of drug-likeness (QED) is 0.830. The molecule has 1 saturated carbocycles. The van der Waals surface area contributed by atoms with Crippen LogP contribution in [0.15, 0.2) is 24.3 Å². The third-order valence-electron chi connectivity index (χ3n) is 4.90. The lowest BCUT2D eigenvalue weighted by Gasteiger charge is -2.28. The zero-order valence-corrected chi connectivity index (χ0v) is 14.9. The van der Waals surface area contributed by atoms with Crippen LogP contribution < -0.4 is 10.1 Å². The molecule has 0 bridgehead atoms. The SMILES string of the molecule is COc1ccc(C(CNc2nnc(C3CC3)s2)N2CCCC2)cc1. The van der Waals surface area contributed by atoms with Gasteiger partial charge >= 0.3 is 0 Å². The smallest absolute Gasteiger partial charge is 0.205 e. The number of anilines is 1. The summed E-state index contributed by atoms with van der Waals surface area (Å²) in [6, 6.07) is 8.83.